The molecular weight excluding hydrogens is 783 g/mol. The molecule has 316 valence electrons. The minimum absolute atomic E-state index is 0.0393. The minimum Gasteiger partial charge on any atom is -0.309 e. The first-order valence-electron chi connectivity index (χ1n) is 23.3. The number of nitrogens with zero attached hydrogens (tertiary/aromatic N) is 1. The van der Waals surface area contributed by atoms with Crippen LogP contribution in [-0.2, 0) is 16.2 Å². The zero-order chi connectivity index (χ0) is 44.3. The highest BCUT2D eigenvalue weighted by Crippen LogP contribution is 2.61. The van der Waals surface area contributed by atoms with E-state index >= 15 is 0 Å². The molecule has 0 atom stereocenters. The van der Waals surface area contributed by atoms with Crippen molar-refractivity contribution in [3.05, 3.63) is 257 Å². The van der Waals surface area contributed by atoms with Crippen molar-refractivity contribution in [1.29, 1.82) is 0 Å². The third kappa shape index (κ3) is 6.59. The summed E-state index contributed by atoms with van der Waals surface area (Å²) < 4.78 is 0. The second kappa shape index (κ2) is 15.8. The Morgan fingerprint density at radius 2 is 0.892 bits per heavy atom. The van der Waals surface area contributed by atoms with Crippen molar-refractivity contribution in [1.82, 2.24) is 0 Å². The van der Waals surface area contributed by atoms with Gasteiger partial charge in [-0.15, -0.1) is 0 Å². The molecular formula is C64H55N. The van der Waals surface area contributed by atoms with Gasteiger partial charge < -0.3 is 4.90 Å². The fourth-order valence-corrected chi connectivity index (χ4v) is 11.4. The van der Waals surface area contributed by atoms with Crippen LogP contribution in [0, 0.1) is 6.92 Å². The smallest absolute Gasteiger partial charge is 0.0714 e. The number of fused-ring (bicyclic) bond motifs is 4. The van der Waals surface area contributed by atoms with Crippen LogP contribution >= 0.6 is 0 Å². The molecule has 0 saturated carbocycles. The summed E-state index contributed by atoms with van der Waals surface area (Å²) >= 11 is 0. The van der Waals surface area contributed by atoms with Crippen LogP contribution in [0.2, 0.25) is 0 Å². The molecule has 2 aliphatic rings. The van der Waals surface area contributed by atoms with Crippen molar-refractivity contribution in [2.45, 2.75) is 63.7 Å². The van der Waals surface area contributed by atoms with Crippen molar-refractivity contribution in [2.24, 2.45) is 0 Å². The second-order valence-electron chi connectivity index (χ2n) is 19.5. The molecule has 0 heterocycles. The quantitative estimate of drug-likeness (QED) is 0.147. The third-order valence-electron chi connectivity index (χ3n) is 14.7. The van der Waals surface area contributed by atoms with Crippen LogP contribution in [0.5, 0.6) is 0 Å². The lowest BCUT2D eigenvalue weighted by atomic mass is 9.61. The van der Waals surface area contributed by atoms with Gasteiger partial charge in [-0.1, -0.05) is 216 Å². The molecule has 0 saturated heterocycles. The van der Waals surface area contributed by atoms with Gasteiger partial charge in [0.1, 0.15) is 0 Å². The van der Waals surface area contributed by atoms with Crippen LogP contribution in [0.3, 0.4) is 0 Å². The molecule has 9 aromatic carbocycles. The van der Waals surface area contributed by atoms with E-state index in [2.05, 4.69) is 258 Å². The molecule has 0 aliphatic heterocycles. The van der Waals surface area contributed by atoms with Crippen molar-refractivity contribution in [3.8, 4) is 44.5 Å². The van der Waals surface area contributed by atoms with Crippen LogP contribution in [0.25, 0.3) is 44.5 Å². The molecule has 0 spiro atoms. The van der Waals surface area contributed by atoms with Gasteiger partial charge in [-0.25, -0.2) is 0 Å². The highest BCUT2D eigenvalue weighted by molar-refractivity contribution is 6.00. The van der Waals surface area contributed by atoms with E-state index in [1.54, 1.807) is 0 Å². The normalized spacial score (nSPS) is 15.1. The van der Waals surface area contributed by atoms with Gasteiger partial charge in [0, 0.05) is 16.8 Å². The topological polar surface area (TPSA) is 3.24 Å². The molecule has 11 rings (SSSR count). The summed E-state index contributed by atoms with van der Waals surface area (Å²) in [5.74, 6) is 0. The first-order chi connectivity index (χ1) is 31.7. The van der Waals surface area contributed by atoms with E-state index in [0.717, 1.165) is 24.2 Å². The number of aryl methyl sites for hydroxylation is 1. The van der Waals surface area contributed by atoms with Gasteiger partial charge in [-0.3, -0.25) is 0 Å². The third-order valence-corrected chi connectivity index (χ3v) is 14.7. The maximum Gasteiger partial charge on any atom is 0.0714 e. The molecule has 0 N–H and O–H groups in total. The minimum atomic E-state index is -0.573. The summed E-state index contributed by atoms with van der Waals surface area (Å²) in [4.78, 5) is 2.58. The van der Waals surface area contributed by atoms with E-state index in [9.17, 15) is 0 Å². The SMILES string of the molecule is Cc1ccc2c(c1-c1cc3c(cc1N(c1ccc(-c4ccccc4)cc1)c1ccccc1-c1ccccc1)C(c1ccccc1)(c1ccccc1)c1ccccc1-3)C(C)(C)CCC2(C)C. The maximum absolute atomic E-state index is 2.59. The second-order valence-corrected chi connectivity index (χ2v) is 19.5. The van der Waals surface area contributed by atoms with E-state index < -0.39 is 5.41 Å². The summed E-state index contributed by atoms with van der Waals surface area (Å²) in [7, 11) is 0. The highest BCUT2D eigenvalue weighted by atomic mass is 15.1. The Morgan fingerprint density at radius 1 is 0.369 bits per heavy atom. The number of para-hydroxylation sites is 1. The predicted molar refractivity (Wildman–Crippen MR) is 275 cm³/mol. The molecule has 1 heteroatoms. The first-order valence-corrected chi connectivity index (χ1v) is 23.3. The summed E-state index contributed by atoms with van der Waals surface area (Å²) in [6.45, 7) is 12.2. The predicted octanol–water partition coefficient (Wildman–Crippen LogP) is 17.2. The van der Waals surface area contributed by atoms with Crippen molar-refractivity contribution >= 4 is 17.1 Å². The van der Waals surface area contributed by atoms with Crippen LogP contribution in [0.15, 0.2) is 218 Å². The molecule has 0 amide bonds. The molecule has 2 aliphatic carbocycles. The average Bonchev–Trinajstić information content (AvgIpc) is 3.64. The molecule has 1 nitrogen and oxygen atoms in total. The van der Waals surface area contributed by atoms with Crippen molar-refractivity contribution < 1.29 is 0 Å². The standard InChI is InChI=1S/C64H55N/c1-44-34-39-56-61(63(4,5)41-40-62(56,2)3)60(44)54-42-53-52-31-18-20-32-55(52)64(48-26-14-8-15-27-48,49-28-16-9-17-29-49)57(53)43-59(54)65(50-37-35-46(36-38-50)45-22-10-6-11-23-45)58-33-21-19-30-51(58)47-24-12-7-13-25-47/h6-39,42-43H,40-41H2,1-5H3. The number of hydrogen-bond donors (Lipinski definition) is 0. The first kappa shape index (κ1) is 40.5. The Morgan fingerprint density at radius 3 is 1.54 bits per heavy atom. The maximum atomic E-state index is 2.59. The fourth-order valence-electron chi connectivity index (χ4n) is 11.4. The van der Waals surface area contributed by atoms with Crippen LogP contribution in [0.1, 0.15) is 79.5 Å². The van der Waals surface area contributed by atoms with Crippen molar-refractivity contribution in [2.75, 3.05) is 4.90 Å². The van der Waals surface area contributed by atoms with Crippen LogP contribution in [0.4, 0.5) is 17.1 Å². The summed E-state index contributed by atoms with van der Waals surface area (Å²) in [5, 5.41) is 0. The fraction of sp³-hybridized carbons (Fsp3) is 0.156. The van der Waals surface area contributed by atoms with E-state index in [0.29, 0.717) is 0 Å². The van der Waals surface area contributed by atoms with Gasteiger partial charge in [-0.2, -0.15) is 0 Å². The average molecular weight is 838 g/mol. The van der Waals surface area contributed by atoms with Gasteiger partial charge in [0.25, 0.3) is 0 Å². The van der Waals surface area contributed by atoms with Gasteiger partial charge in [-0.05, 0) is 133 Å². The van der Waals surface area contributed by atoms with Gasteiger partial charge in [0.2, 0.25) is 0 Å². The van der Waals surface area contributed by atoms with Gasteiger partial charge >= 0.3 is 0 Å². The number of rotatable bonds is 8. The lowest BCUT2D eigenvalue weighted by Crippen LogP contribution is -2.34. The lowest BCUT2D eigenvalue weighted by Gasteiger charge is -2.44. The van der Waals surface area contributed by atoms with E-state index in [-0.39, 0.29) is 10.8 Å². The summed E-state index contributed by atoms with van der Waals surface area (Å²) in [5.41, 5.74) is 22.2. The van der Waals surface area contributed by atoms with Gasteiger partial charge in [0.15, 0.2) is 0 Å². The molecule has 65 heavy (non-hydrogen) atoms. The molecule has 0 aromatic heterocycles. The monoisotopic (exact) mass is 837 g/mol. The Balaban J connectivity index is 1.31. The molecule has 0 unspecified atom stereocenters. The molecule has 0 fully saturated rings. The zero-order valence-electron chi connectivity index (χ0n) is 38.1. The summed E-state index contributed by atoms with van der Waals surface area (Å²) in [6.07, 6.45) is 2.28. The Labute approximate surface area is 385 Å². The van der Waals surface area contributed by atoms with Crippen LogP contribution in [-0.4, -0.2) is 0 Å². The number of anilines is 3. The van der Waals surface area contributed by atoms with Crippen molar-refractivity contribution in [3.63, 3.8) is 0 Å². The van der Waals surface area contributed by atoms with E-state index in [4.69, 9.17) is 0 Å². The van der Waals surface area contributed by atoms with E-state index in [1.807, 2.05) is 0 Å². The molecule has 9 aromatic rings. The largest absolute Gasteiger partial charge is 0.309 e. The zero-order valence-corrected chi connectivity index (χ0v) is 38.1. The van der Waals surface area contributed by atoms with Crippen LogP contribution < -0.4 is 4.90 Å². The Kier molecular flexibility index (Phi) is 9.85. The molecule has 0 bridgehead atoms. The Hall–Kier alpha value is -7.22. The Bertz CT molecular complexity index is 3140. The summed E-state index contributed by atoms with van der Waals surface area (Å²) in [6, 6.07) is 81.5. The van der Waals surface area contributed by atoms with E-state index in [1.165, 1.54) is 89.1 Å². The molecule has 0 radical (unpaired) electrons. The van der Waals surface area contributed by atoms with Gasteiger partial charge in [0.05, 0.1) is 16.8 Å². The highest BCUT2D eigenvalue weighted by Gasteiger charge is 2.48. The number of benzene rings is 9. The lowest BCUT2D eigenvalue weighted by molar-refractivity contribution is 0.332. The number of hydrogen-bond acceptors (Lipinski definition) is 1.